The zero-order valence-electron chi connectivity index (χ0n) is 13.5. The van der Waals surface area contributed by atoms with E-state index in [-0.39, 0.29) is 5.91 Å². The van der Waals surface area contributed by atoms with Crippen molar-refractivity contribution >= 4 is 44.9 Å². The van der Waals surface area contributed by atoms with Crippen LogP contribution >= 0.6 is 22.9 Å². The maximum absolute atomic E-state index is 13.0. The highest BCUT2D eigenvalue weighted by Gasteiger charge is 2.24. The van der Waals surface area contributed by atoms with E-state index in [1.165, 1.54) is 11.3 Å². The predicted molar refractivity (Wildman–Crippen MR) is 97.4 cm³/mol. The molecule has 0 aliphatic heterocycles. The number of ether oxygens (including phenoxy) is 1. The summed E-state index contributed by atoms with van der Waals surface area (Å²) in [5, 5.41) is 13.4. The summed E-state index contributed by atoms with van der Waals surface area (Å²) in [7, 11) is 1.59. The van der Waals surface area contributed by atoms with Crippen LogP contribution in [0.25, 0.3) is 10.9 Å². The second kappa shape index (κ2) is 6.67. The molecule has 2 aromatic heterocycles. The molecule has 128 valence electrons. The number of carbonyl (C=O) groups excluding carboxylic acids is 1. The second-order valence-electron chi connectivity index (χ2n) is 5.82. The standard InChI is InChI=1S/C17H15ClN4O2S/c1-24-8-14-21-22-17(25-14)20-16(23)15-10-3-2-4-12(10)19-13-6-5-9(18)7-11(13)15/h5-7H,2-4,8H2,1H3,(H,20,22,23). The van der Waals surface area contributed by atoms with Gasteiger partial charge in [0.15, 0.2) is 0 Å². The highest BCUT2D eigenvalue weighted by Crippen LogP contribution is 2.32. The van der Waals surface area contributed by atoms with Gasteiger partial charge in [-0.2, -0.15) is 0 Å². The molecular weight excluding hydrogens is 360 g/mol. The number of nitrogens with one attached hydrogen (secondary N) is 1. The van der Waals surface area contributed by atoms with Crippen LogP contribution in [0.2, 0.25) is 5.02 Å². The third kappa shape index (κ3) is 3.10. The fraction of sp³-hybridized carbons (Fsp3) is 0.294. The van der Waals surface area contributed by atoms with E-state index in [0.29, 0.717) is 27.3 Å². The molecule has 0 saturated heterocycles. The van der Waals surface area contributed by atoms with Crippen LogP contribution in [0.15, 0.2) is 18.2 Å². The molecule has 0 unspecified atom stereocenters. The molecule has 1 aliphatic rings. The number of rotatable bonds is 4. The molecule has 0 spiro atoms. The quantitative estimate of drug-likeness (QED) is 0.754. The first-order chi connectivity index (χ1) is 12.2. The molecule has 0 atom stereocenters. The average Bonchev–Trinajstić information content (AvgIpc) is 3.22. The lowest BCUT2D eigenvalue weighted by atomic mass is 10.0. The molecule has 0 radical (unpaired) electrons. The van der Waals surface area contributed by atoms with Gasteiger partial charge in [0.25, 0.3) is 5.91 Å². The van der Waals surface area contributed by atoms with Crippen molar-refractivity contribution in [2.24, 2.45) is 0 Å². The normalized spacial score (nSPS) is 13.2. The number of carbonyl (C=O) groups is 1. The minimum atomic E-state index is -0.201. The first kappa shape index (κ1) is 16.4. The van der Waals surface area contributed by atoms with E-state index in [1.54, 1.807) is 19.2 Å². The second-order valence-corrected chi connectivity index (χ2v) is 7.31. The Bertz CT molecular complexity index is 973. The maximum atomic E-state index is 13.0. The number of aryl methyl sites for hydroxylation is 1. The Morgan fingerprint density at radius 2 is 2.24 bits per heavy atom. The molecule has 1 aliphatic carbocycles. The molecule has 25 heavy (non-hydrogen) atoms. The smallest absolute Gasteiger partial charge is 0.258 e. The molecule has 3 aromatic rings. The summed E-state index contributed by atoms with van der Waals surface area (Å²) in [6.45, 7) is 0.372. The molecule has 2 heterocycles. The van der Waals surface area contributed by atoms with Gasteiger partial charge in [0.2, 0.25) is 5.13 Å². The van der Waals surface area contributed by atoms with Crippen LogP contribution in [0.4, 0.5) is 5.13 Å². The summed E-state index contributed by atoms with van der Waals surface area (Å²) >= 11 is 7.45. The fourth-order valence-corrected chi connectivity index (χ4v) is 4.02. The first-order valence-electron chi connectivity index (χ1n) is 7.89. The van der Waals surface area contributed by atoms with Crippen LogP contribution in [-0.4, -0.2) is 28.2 Å². The Morgan fingerprint density at radius 3 is 3.08 bits per heavy atom. The Balaban J connectivity index is 1.76. The van der Waals surface area contributed by atoms with Crippen molar-refractivity contribution in [3.63, 3.8) is 0 Å². The first-order valence-corrected chi connectivity index (χ1v) is 9.09. The number of aromatic nitrogens is 3. The van der Waals surface area contributed by atoms with E-state index in [2.05, 4.69) is 15.5 Å². The number of benzene rings is 1. The summed E-state index contributed by atoms with van der Waals surface area (Å²) in [5.74, 6) is -0.201. The van der Waals surface area contributed by atoms with Gasteiger partial charge in [0.05, 0.1) is 11.1 Å². The number of methoxy groups -OCH3 is 1. The van der Waals surface area contributed by atoms with Crippen LogP contribution < -0.4 is 5.32 Å². The van der Waals surface area contributed by atoms with E-state index >= 15 is 0 Å². The SMILES string of the molecule is COCc1nnc(NC(=O)c2c3c(nc4ccc(Cl)cc24)CCC3)s1. The number of pyridine rings is 1. The number of halogens is 1. The Morgan fingerprint density at radius 1 is 1.36 bits per heavy atom. The number of nitrogens with zero attached hydrogens (tertiary/aromatic N) is 3. The van der Waals surface area contributed by atoms with Gasteiger partial charge in [0, 0.05) is 23.2 Å². The minimum absolute atomic E-state index is 0.201. The molecule has 0 bridgehead atoms. The lowest BCUT2D eigenvalue weighted by Crippen LogP contribution is -2.15. The van der Waals surface area contributed by atoms with Crippen molar-refractivity contribution in [2.45, 2.75) is 25.9 Å². The summed E-state index contributed by atoms with van der Waals surface area (Å²) < 4.78 is 5.03. The lowest BCUT2D eigenvalue weighted by Gasteiger charge is -2.12. The van der Waals surface area contributed by atoms with Gasteiger partial charge in [-0.25, -0.2) is 0 Å². The van der Waals surface area contributed by atoms with Crippen molar-refractivity contribution in [1.82, 2.24) is 15.2 Å². The Hall–Kier alpha value is -2.09. The molecule has 0 fully saturated rings. The molecule has 6 nitrogen and oxygen atoms in total. The van der Waals surface area contributed by atoms with Crippen LogP contribution in [0.3, 0.4) is 0 Å². The summed E-state index contributed by atoms with van der Waals surface area (Å²) in [4.78, 5) is 17.7. The molecule has 1 aromatic carbocycles. The van der Waals surface area contributed by atoms with Gasteiger partial charge in [-0.05, 0) is 43.0 Å². The van der Waals surface area contributed by atoms with Gasteiger partial charge >= 0.3 is 0 Å². The summed E-state index contributed by atoms with van der Waals surface area (Å²) in [6, 6.07) is 5.45. The van der Waals surface area contributed by atoms with Gasteiger partial charge in [-0.3, -0.25) is 15.1 Å². The van der Waals surface area contributed by atoms with Crippen LogP contribution in [0.1, 0.15) is 33.0 Å². The fourth-order valence-electron chi connectivity index (χ4n) is 3.14. The number of hydrogen-bond acceptors (Lipinski definition) is 6. The third-order valence-electron chi connectivity index (χ3n) is 4.16. The van der Waals surface area contributed by atoms with Gasteiger partial charge in [0.1, 0.15) is 11.6 Å². The van der Waals surface area contributed by atoms with Crippen LogP contribution in [-0.2, 0) is 24.2 Å². The van der Waals surface area contributed by atoms with Crippen LogP contribution in [0.5, 0.6) is 0 Å². The van der Waals surface area contributed by atoms with E-state index in [1.807, 2.05) is 6.07 Å². The third-order valence-corrected chi connectivity index (χ3v) is 5.20. The molecule has 1 N–H and O–H groups in total. The van der Waals surface area contributed by atoms with Crippen molar-refractivity contribution in [1.29, 1.82) is 0 Å². The Labute approximate surface area is 153 Å². The zero-order chi connectivity index (χ0) is 17.4. The molecule has 0 saturated carbocycles. The molecule has 1 amide bonds. The van der Waals surface area contributed by atoms with Crippen molar-refractivity contribution in [3.8, 4) is 0 Å². The van der Waals surface area contributed by atoms with E-state index in [9.17, 15) is 4.79 Å². The maximum Gasteiger partial charge on any atom is 0.258 e. The number of amides is 1. The monoisotopic (exact) mass is 374 g/mol. The van der Waals surface area contributed by atoms with Crippen molar-refractivity contribution in [3.05, 3.63) is 45.1 Å². The molecule has 4 rings (SSSR count). The molecular formula is C17H15ClN4O2S. The van der Waals surface area contributed by atoms with Gasteiger partial charge in [-0.15, -0.1) is 10.2 Å². The van der Waals surface area contributed by atoms with E-state index in [4.69, 9.17) is 21.3 Å². The van der Waals surface area contributed by atoms with E-state index in [0.717, 1.165) is 41.4 Å². The topological polar surface area (TPSA) is 77.0 Å². The lowest BCUT2D eigenvalue weighted by molar-refractivity contribution is 0.102. The van der Waals surface area contributed by atoms with E-state index < -0.39 is 0 Å². The molecule has 8 heteroatoms. The highest BCUT2D eigenvalue weighted by molar-refractivity contribution is 7.15. The summed E-state index contributed by atoms with van der Waals surface area (Å²) in [5.41, 5.74) is 3.43. The Kier molecular flexibility index (Phi) is 4.37. The van der Waals surface area contributed by atoms with Crippen molar-refractivity contribution < 1.29 is 9.53 Å². The summed E-state index contributed by atoms with van der Waals surface area (Å²) in [6.07, 6.45) is 2.74. The predicted octanol–water partition coefficient (Wildman–Crippen LogP) is 3.63. The number of hydrogen-bond donors (Lipinski definition) is 1. The van der Waals surface area contributed by atoms with Crippen LogP contribution in [0, 0.1) is 0 Å². The number of anilines is 1. The van der Waals surface area contributed by atoms with Crippen molar-refractivity contribution in [2.75, 3.05) is 12.4 Å². The zero-order valence-corrected chi connectivity index (χ0v) is 15.1. The minimum Gasteiger partial charge on any atom is -0.377 e. The van der Waals surface area contributed by atoms with Gasteiger partial charge in [-0.1, -0.05) is 22.9 Å². The van der Waals surface area contributed by atoms with Gasteiger partial charge < -0.3 is 4.74 Å². The largest absolute Gasteiger partial charge is 0.377 e. The highest BCUT2D eigenvalue weighted by atomic mass is 35.5. The number of fused-ring (bicyclic) bond motifs is 2. The average molecular weight is 375 g/mol.